The Balaban J connectivity index is 1.74. The number of halogens is 1. The normalized spacial score (nSPS) is 11.6. The Bertz CT molecular complexity index is 849. The van der Waals surface area contributed by atoms with Crippen molar-refractivity contribution in [2.75, 3.05) is 0 Å². The van der Waals surface area contributed by atoms with E-state index in [0.29, 0.717) is 12.4 Å². The molecule has 0 aliphatic rings. The first-order valence-electron chi connectivity index (χ1n) is 8.13. The van der Waals surface area contributed by atoms with Crippen molar-refractivity contribution in [3.8, 4) is 5.75 Å². The SMILES string of the molecule is O=C(NO)C(c1ccccc1)c1ccc(OCc2ccc(F)cc2)cc1. The number of benzene rings is 3. The van der Waals surface area contributed by atoms with E-state index < -0.39 is 11.8 Å². The smallest absolute Gasteiger partial charge is 0.255 e. The fraction of sp³-hybridized carbons (Fsp3) is 0.0952. The molecule has 0 radical (unpaired) electrons. The van der Waals surface area contributed by atoms with Gasteiger partial charge in [0.1, 0.15) is 18.2 Å². The molecule has 0 spiro atoms. The summed E-state index contributed by atoms with van der Waals surface area (Å²) in [5.41, 5.74) is 4.10. The van der Waals surface area contributed by atoms with Gasteiger partial charge >= 0.3 is 0 Å². The first kappa shape index (κ1) is 17.6. The van der Waals surface area contributed by atoms with Gasteiger partial charge in [-0.25, -0.2) is 9.87 Å². The fourth-order valence-electron chi connectivity index (χ4n) is 2.71. The van der Waals surface area contributed by atoms with E-state index in [9.17, 15) is 9.18 Å². The second-order valence-corrected chi connectivity index (χ2v) is 5.80. The van der Waals surface area contributed by atoms with Crippen LogP contribution in [0.5, 0.6) is 5.75 Å². The molecule has 3 aromatic carbocycles. The van der Waals surface area contributed by atoms with Gasteiger partial charge in [-0.15, -0.1) is 0 Å². The first-order chi connectivity index (χ1) is 12.7. The maximum atomic E-state index is 12.9. The molecule has 1 amide bonds. The molecule has 0 fully saturated rings. The largest absolute Gasteiger partial charge is 0.489 e. The van der Waals surface area contributed by atoms with Crippen molar-refractivity contribution in [2.24, 2.45) is 0 Å². The fourth-order valence-corrected chi connectivity index (χ4v) is 2.71. The number of carbonyl (C=O) groups is 1. The number of nitrogens with one attached hydrogen (secondary N) is 1. The average Bonchev–Trinajstić information content (AvgIpc) is 2.69. The molecule has 3 rings (SSSR count). The molecule has 5 heteroatoms. The summed E-state index contributed by atoms with van der Waals surface area (Å²) >= 11 is 0. The van der Waals surface area contributed by atoms with Crippen molar-refractivity contribution in [1.82, 2.24) is 5.48 Å². The molecule has 0 heterocycles. The number of amides is 1. The predicted octanol–water partition coefficient (Wildman–Crippen LogP) is 4.04. The summed E-state index contributed by atoms with van der Waals surface area (Å²) in [7, 11) is 0. The summed E-state index contributed by atoms with van der Waals surface area (Å²) in [6.45, 7) is 0.318. The van der Waals surface area contributed by atoms with Gasteiger partial charge in [0.25, 0.3) is 5.91 Å². The third-order valence-electron chi connectivity index (χ3n) is 4.04. The van der Waals surface area contributed by atoms with Crippen molar-refractivity contribution in [3.63, 3.8) is 0 Å². The zero-order chi connectivity index (χ0) is 18.4. The van der Waals surface area contributed by atoms with Crippen molar-refractivity contribution in [1.29, 1.82) is 0 Å². The number of hydroxylamine groups is 1. The minimum absolute atomic E-state index is 0.285. The van der Waals surface area contributed by atoms with E-state index in [1.165, 1.54) is 12.1 Å². The predicted molar refractivity (Wildman–Crippen MR) is 95.4 cm³/mol. The molecular formula is C21H18FNO3. The van der Waals surface area contributed by atoms with E-state index in [-0.39, 0.29) is 5.82 Å². The zero-order valence-electron chi connectivity index (χ0n) is 13.9. The highest BCUT2D eigenvalue weighted by Crippen LogP contribution is 2.26. The van der Waals surface area contributed by atoms with Crippen LogP contribution in [0.15, 0.2) is 78.9 Å². The molecule has 26 heavy (non-hydrogen) atoms. The summed E-state index contributed by atoms with van der Waals surface area (Å²) in [4.78, 5) is 12.1. The second-order valence-electron chi connectivity index (χ2n) is 5.80. The average molecular weight is 351 g/mol. The minimum atomic E-state index is -0.618. The van der Waals surface area contributed by atoms with E-state index >= 15 is 0 Å². The second kappa shape index (κ2) is 8.27. The van der Waals surface area contributed by atoms with E-state index in [4.69, 9.17) is 9.94 Å². The summed E-state index contributed by atoms with van der Waals surface area (Å²) in [6.07, 6.45) is 0. The Labute approximate surface area is 150 Å². The van der Waals surface area contributed by atoms with Crippen molar-refractivity contribution >= 4 is 5.91 Å². The van der Waals surface area contributed by atoms with Gasteiger partial charge in [0.2, 0.25) is 0 Å². The monoisotopic (exact) mass is 351 g/mol. The van der Waals surface area contributed by atoms with Crippen LogP contribution in [0, 0.1) is 5.82 Å². The molecule has 1 atom stereocenters. The van der Waals surface area contributed by atoms with Crippen LogP contribution in [0.1, 0.15) is 22.6 Å². The van der Waals surface area contributed by atoms with Crippen molar-refractivity contribution in [3.05, 3.63) is 101 Å². The van der Waals surface area contributed by atoms with Gasteiger partial charge in [-0.05, 0) is 41.0 Å². The molecule has 0 bridgehead atoms. The molecule has 2 N–H and O–H groups in total. The van der Waals surface area contributed by atoms with Crippen LogP contribution in [0.25, 0.3) is 0 Å². The van der Waals surface area contributed by atoms with Gasteiger partial charge in [0.15, 0.2) is 0 Å². The molecule has 0 saturated heterocycles. The van der Waals surface area contributed by atoms with Crippen LogP contribution >= 0.6 is 0 Å². The first-order valence-corrected chi connectivity index (χ1v) is 8.13. The minimum Gasteiger partial charge on any atom is -0.489 e. The lowest BCUT2D eigenvalue weighted by molar-refractivity contribution is -0.129. The van der Waals surface area contributed by atoms with E-state index in [1.807, 2.05) is 30.3 Å². The molecule has 132 valence electrons. The van der Waals surface area contributed by atoms with Crippen LogP contribution in [0.4, 0.5) is 4.39 Å². The van der Waals surface area contributed by atoms with Crippen molar-refractivity contribution < 1.29 is 19.1 Å². The maximum Gasteiger partial charge on any atom is 0.255 e. The number of hydrogen-bond donors (Lipinski definition) is 2. The molecule has 0 aliphatic heterocycles. The van der Waals surface area contributed by atoms with Gasteiger partial charge in [-0.3, -0.25) is 10.0 Å². The lowest BCUT2D eigenvalue weighted by Gasteiger charge is -2.16. The van der Waals surface area contributed by atoms with Gasteiger partial charge in [-0.2, -0.15) is 0 Å². The van der Waals surface area contributed by atoms with Crippen molar-refractivity contribution in [2.45, 2.75) is 12.5 Å². The number of rotatable bonds is 6. The lowest BCUT2D eigenvalue weighted by Crippen LogP contribution is -2.27. The Kier molecular flexibility index (Phi) is 5.61. The van der Waals surface area contributed by atoms with Gasteiger partial charge in [-0.1, -0.05) is 54.6 Å². The Morgan fingerprint density at radius 1 is 0.923 bits per heavy atom. The van der Waals surface area contributed by atoms with Crippen LogP contribution in [-0.4, -0.2) is 11.1 Å². The van der Waals surface area contributed by atoms with Crippen LogP contribution < -0.4 is 10.2 Å². The number of carbonyl (C=O) groups excluding carboxylic acids is 1. The molecule has 0 aliphatic carbocycles. The van der Waals surface area contributed by atoms with Crippen LogP contribution in [-0.2, 0) is 11.4 Å². The highest BCUT2D eigenvalue weighted by Gasteiger charge is 2.22. The molecule has 1 unspecified atom stereocenters. The van der Waals surface area contributed by atoms with E-state index in [0.717, 1.165) is 16.7 Å². The maximum absolute atomic E-state index is 12.9. The Hall–Kier alpha value is -3.18. The number of hydrogen-bond acceptors (Lipinski definition) is 3. The van der Waals surface area contributed by atoms with Gasteiger partial charge < -0.3 is 4.74 Å². The van der Waals surface area contributed by atoms with Crippen LogP contribution in [0.2, 0.25) is 0 Å². The summed E-state index contributed by atoms with van der Waals surface area (Å²) in [5, 5.41) is 9.06. The zero-order valence-corrected chi connectivity index (χ0v) is 13.9. The molecular weight excluding hydrogens is 333 g/mol. The topological polar surface area (TPSA) is 58.6 Å². The third-order valence-corrected chi connectivity index (χ3v) is 4.04. The molecule has 0 aromatic heterocycles. The quantitative estimate of drug-likeness (QED) is 0.520. The highest BCUT2D eigenvalue weighted by atomic mass is 19.1. The number of ether oxygens (including phenoxy) is 1. The third kappa shape index (κ3) is 4.26. The standard InChI is InChI=1S/C21H18FNO3/c22-18-10-6-15(7-11-18)14-26-19-12-8-17(9-13-19)20(21(24)23-25)16-4-2-1-3-5-16/h1-13,20,25H,14H2,(H,23,24). The summed E-state index contributed by atoms with van der Waals surface area (Å²) < 4.78 is 18.6. The highest BCUT2D eigenvalue weighted by molar-refractivity contribution is 5.86. The van der Waals surface area contributed by atoms with E-state index in [1.54, 1.807) is 41.9 Å². The van der Waals surface area contributed by atoms with Crippen LogP contribution in [0.3, 0.4) is 0 Å². The Morgan fingerprint density at radius 2 is 1.54 bits per heavy atom. The van der Waals surface area contributed by atoms with Gasteiger partial charge in [0, 0.05) is 0 Å². The van der Waals surface area contributed by atoms with Gasteiger partial charge in [0.05, 0.1) is 5.92 Å². The lowest BCUT2D eigenvalue weighted by atomic mass is 9.91. The molecule has 4 nitrogen and oxygen atoms in total. The summed E-state index contributed by atoms with van der Waals surface area (Å²) in [5.74, 6) is -0.773. The molecule has 3 aromatic rings. The Morgan fingerprint density at radius 3 is 2.15 bits per heavy atom. The van der Waals surface area contributed by atoms with E-state index in [2.05, 4.69) is 0 Å². The molecule has 0 saturated carbocycles. The summed E-state index contributed by atoms with van der Waals surface area (Å²) in [6, 6.07) is 22.4.